The predicted molar refractivity (Wildman–Crippen MR) is 80.3 cm³/mol. The first-order valence-corrected chi connectivity index (χ1v) is 7.35. The number of hydrogen-bond acceptors (Lipinski definition) is 3. The molecule has 0 aliphatic carbocycles. The van der Waals surface area contributed by atoms with Crippen molar-refractivity contribution in [3.63, 3.8) is 0 Å². The molecule has 1 heterocycles. The average Bonchev–Trinajstić information content (AvgIpc) is 2.97. The second kappa shape index (κ2) is 6.14. The van der Waals surface area contributed by atoms with Gasteiger partial charge in [0, 0.05) is 10.6 Å². The highest BCUT2D eigenvalue weighted by Crippen LogP contribution is 2.34. The highest BCUT2D eigenvalue weighted by Gasteiger charge is 2.19. The molecule has 3 rings (SSSR count). The summed E-state index contributed by atoms with van der Waals surface area (Å²) in [5.41, 5.74) is 0.970. The van der Waals surface area contributed by atoms with Gasteiger partial charge in [-0.05, 0) is 52.3 Å². The molecule has 0 radical (unpaired) electrons. The van der Waals surface area contributed by atoms with Crippen molar-refractivity contribution in [3.05, 3.63) is 57.5 Å². The standard InChI is InChI=1S/C15H12BrClO3/c16-13-9-10(15-18-7-8-19-15)1-6-14(13)20-12-4-2-11(17)3-5-12/h1-6,9,15H,7-8H2. The van der Waals surface area contributed by atoms with Gasteiger partial charge in [-0.1, -0.05) is 17.7 Å². The lowest BCUT2D eigenvalue weighted by molar-refractivity contribution is -0.0441. The first-order chi connectivity index (χ1) is 9.72. The van der Waals surface area contributed by atoms with Crippen LogP contribution in [0.25, 0.3) is 0 Å². The number of hydrogen-bond donors (Lipinski definition) is 0. The third-order valence-electron chi connectivity index (χ3n) is 2.89. The summed E-state index contributed by atoms with van der Waals surface area (Å²) in [5, 5.41) is 0.683. The van der Waals surface area contributed by atoms with Gasteiger partial charge in [0.2, 0.25) is 0 Å². The van der Waals surface area contributed by atoms with Gasteiger partial charge in [0.25, 0.3) is 0 Å². The SMILES string of the molecule is Clc1ccc(Oc2ccc(C3OCCO3)cc2Br)cc1. The molecule has 0 N–H and O–H groups in total. The van der Waals surface area contributed by atoms with Crippen LogP contribution >= 0.6 is 27.5 Å². The lowest BCUT2D eigenvalue weighted by Gasteiger charge is -2.12. The summed E-state index contributed by atoms with van der Waals surface area (Å²) in [6, 6.07) is 13.0. The molecule has 0 bridgehead atoms. The molecular formula is C15H12BrClO3. The van der Waals surface area contributed by atoms with Crippen molar-refractivity contribution in [2.24, 2.45) is 0 Å². The Labute approximate surface area is 130 Å². The van der Waals surface area contributed by atoms with Gasteiger partial charge in [-0.25, -0.2) is 0 Å². The molecule has 1 aliphatic rings. The second-order valence-electron chi connectivity index (χ2n) is 4.32. The van der Waals surface area contributed by atoms with Crippen LogP contribution in [0, 0.1) is 0 Å². The van der Waals surface area contributed by atoms with E-state index in [1.807, 2.05) is 30.3 Å². The summed E-state index contributed by atoms with van der Waals surface area (Å²) in [5.74, 6) is 1.46. The van der Waals surface area contributed by atoms with Gasteiger partial charge in [0.1, 0.15) is 11.5 Å². The van der Waals surface area contributed by atoms with Gasteiger partial charge in [-0.15, -0.1) is 0 Å². The van der Waals surface area contributed by atoms with Crippen molar-refractivity contribution < 1.29 is 14.2 Å². The maximum atomic E-state index is 5.85. The van der Waals surface area contributed by atoms with E-state index in [1.54, 1.807) is 12.1 Å². The molecule has 5 heteroatoms. The van der Waals surface area contributed by atoms with Crippen molar-refractivity contribution in [1.29, 1.82) is 0 Å². The molecule has 0 spiro atoms. The minimum atomic E-state index is -0.282. The van der Waals surface area contributed by atoms with Crippen LogP contribution in [0.2, 0.25) is 5.02 Å². The van der Waals surface area contributed by atoms with Crippen LogP contribution in [0.15, 0.2) is 46.9 Å². The van der Waals surface area contributed by atoms with Crippen LogP contribution in [0.3, 0.4) is 0 Å². The topological polar surface area (TPSA) is 27.7 Å². The summed E-state index contributed by atoms with van der Waals surface area (Å²) >= 11 is 9.35. The lowest BCUT2D eigenvalue weighted by atomic mass is 10.2. The minimum absolute atomic E-state index is 0.282. The monoisotopic (exact) mass is 354 g/mol. The van der Waals surface area contributed by atoms with E-state index in [9.17, 15) is 0 Å². The van der Waals surface area contributed by atoms with Crippen LogP contribution in [-0.2, 0) is 9.47 Å². The van der Waals surface area contributed by atoms with Crippen molar-refractivity contribution in [2.75, 3.05) is 13.2 Å². The molecule has 1 aliphatic heterocycles. The lowest BCUT2D eigenvalue weighted by Crippen LogP contribution is -1.98. The third kappa shape index (κ3) is 3.15. The molecule has 0 unspecified atom stereocenters. The fourth-order valence-corrected chi connectivity index (χ4v) is 2.53. The van der Waals surface area contributed by atoms with Crippen LogP contribution in [-0.4, -0.2) is 13.2 Å². The van der Waals surface area contributed by atoms with Gasteiger partial charge in [0.05, 0.1) is 17.7 Å². The van der Waals surface area contributed by atoms with Gasteiger partial charge in [0.15, 0.2) is 6.29 Å². The summed E-state index contributed by atoms with van der Waals surface area (Å²) in [6.45, 7) is 1.26. The predicted octanol–water partition coefficient (Wildman–Crippen LogP) is 4.94. The average molecular weight is 356 g/mol. The third-order valence-corrected chi connectivity index (χ3v) is 3.76. The zero-order chi connectivity index (χ0) is 13.9. The normalized spacial score (nSPS) is 15.5. The molecule has 1 fully saturated rings. The second-order valence-corrected chi connectivity index (χ2v) is 5.61. The summed E-state index contributed by atoms with van der Waals surface area (Å²) in [4.78, 5) is 0. The van der Waals surface area contributed by atoms with E-state index in [1.165, 1.54) is 0 Å². The first kappa shape index (κ1) is 13.9. The molecule has 0 saturated carbocycles. The van der Waals surface area contributed by atoms with E-state index >= 15 is 0 Å². The van der Waals surface area contributed by atoms with Crippen molar-refractivity contribution in [2.45, 2.75) is 6.29 Å². The molecule has 20 heavy (non-hydrogen) atoms. The number of halogens is 2. The Bertz CT molecular complexity index is 595. The van der Waals surface area contributed by atoms with E-state index in [4.69, 9.17) is 25.8 Å². The Morgan fingerprint density at radius 2 is 1.75 bits per heavy atom. The molecule has 2 aromatic rings. The molecule has 104 valence electrons. The number of rotatable bonds is 3. The first-order valence-electron chi connectivity index (χ1n) is 6.18. The highest BCUT2D eigenvalue weighted by molar-refractivity contribution is 9.10. The van der Waals surface area contributed by atoms with Crippen LogP contribution in [0.1, 0.15) is 11.9 Å². The smallest absolute Gasteiger partial charge is 0.184 e. The molecule has 0 aromatic heterocycles. The minimum Gasteiger partial charge on any atom is -0.456 e. The highest BCUT2D eigenvalue weighted by atomic mass is 79.9. The maximum absolute atomic E-state index is 5.85. The van der Waals surface area contributed by atoms with Gasteiger partial charge in [-0.2, -0.15) is 0 Å². The van der Waals surface area contributed by atoms with E-state index in [0.29, 0.717) is 18.2 Å². The van der Waals surface area contributed by atoms with Crippen LogP contribution in [0.4, 0.5) is 0 Å². The molecule has 0 atom stereocenters. The summed E-state index contributed by atoms with van der Waals surface area (Å²) in [7, 11) is 0. The van der Waals surface area contributed by atoms with E-state index < -0.39 is 0 Å². The van der Waals surface area contributed by atoms with Crippen molar-refractivity contribution >= 4 is 27.5 Å². The Hall–Kier alpha value is -1.07. The molecular weight excluding hydrogens is 344 g/mol. The fraction of sp³-hybridized carbons (Fsp3) is 0.200. The van der Waals surface area contributed by atoms with E-state index in [2.05, 4.69) is 15.9 Å². The van der Waals surface area contributed by atoms with Crippen LogP contribution in [0.5, 0.6) is 11.5 Å². The summed E-state index contributed by atoms with van der Waals surface area (Å²) in [6.07, 6.45) is -0.282. The maximum Gasteiger partial charge on any atom is 0.184 e. The molecule has 2 aromatic carbocycles. The van der Waals surface area contributed by atoms with Crippen molar-refractivity contribution in [1.82, 2.24) is 0 Å². The Kier molecular flexibility index (Phi) is 4.27. The summed E-state index contributed by atoms with van der Waals surface area (Å²) < 4.78 is 17.6. The Morgan fingerprint density at radius 1 is 1.05 bits per heavy atom. The number of benzene rings is 2. The van der Waals surface area contributed by atoms with E-state index in [0.717, 1.165) is 21.5 Å². The quantitative estimate of drug-likeness (QED) is 0.780. The largest absolute Gasteiger partial charge is 0.456 e. The zero-order valence-electron chi connectivity index (χ0n) is 10.5. The van der Waals surface area contributed by atoms with Gasteiger partial charge < -0.3 is 14.2 Å². The van der Waals surface area contributed by atoms with Crippen LogP contribution < -0.4 is 4.74 Å². The zero-order valence-corrected chi connectivity index (χ0v) is 12.9. The Balaban J connectivity index is 1.78. The van der Waals surface area contributed by atoms with Crippen molar-refractivity contribution in [3.8, 4) is 11.5 Å². The van der Waals surface area contributed by atoms with Gasteiger partial charge >= 0.3 is 0 Å². The number of ether oxygens (including phenoxy) is 3. The fourth-order valence-electron chi connectivity index (χ4n) is 1.93. The Morgan fingerprint density at radius 3 is 2.40 bits per heavy atom. The van der Waals surface area contributed by atoms with E-state index in [-0.39, 0.29) is 6.29 Å². The van der Waals surface area contributed by atoms with Gasteiger partial charge in [-0.3, -0.25) is 0 Å². The molecule has 0 amide bonds. The molecule has 1 saturated heterocycles. The molecule has 3 nitrogen and oxygen atoms in total.